The Bertz CT molecular complexity index is 1360. The van der Waals surface area contributed by atoms with Gasteiger partial charge in [-0.1, -0.05) is 11.8 Å². The van der Waals surface area contributed by atoms with Crippen LogP contribution in [0.25, 0.3) is 6.08 Å². The molecule has 1 amide bonds. The molecule has 17 heteroatoms. The van der Waals surface area contributed by atoms with Crippen molar-refractivity contribution in [1.82, 2.24) is 10.3 Å². The minimum Gasteiger partial charge on any atom is -0.542 e. The second kappa shape index (κ2) is 15.9. The number of aromatic nitrogens is 2. The fourth-order valence-corrected chi connectivity index (χ4v) is 4.94. The summed E-state index contributed by atoms with van der Waals surface area (Å²) in [6, 6.07) is 8.06. The summed E-state index contributed by atoms with van der Waals surface area (Å²) in [5.74, 6) is -5.01. The van der Waals surface area contributed by atoms with Gasteiger partial charge in [-0.3, -0.25) is 4.79 Å². The summed E-state index contributed by atoms with van der Waals surface area (Å²) in [6.07, 6.45) is -7.30. The summed E-state index contributed by atoms with van der Waals surface area (Å²) in [6.45, 7) is 8.94. The number of thioether (sulfide) groups is 1. The molecule has 0 bridgehead atoms. The van der Waals surface area contributed by atoms with Crippen LogP contribution in [0.2, 0.25) is 0 Å². The van der Waals surface area contributed by atoms with Gasteiger partial charge >= 0.3 is 12.4 Å². The van der Waals surface area contributed by atoms with Crippen molar-refractivity contribution >= 4 is 41.4 Å². The van der Waals surface area contributed by atoms with E-state index < -0.39 is 24.3 Å². The third-order valence-electron chi connectivity index (χ3n) is 5.93. The van der Waals surface area contributed by atoms with Crippen LogP contribution >= 0.6 is 11.8 Å². The highest BCUT2D eigenvalue weighted by atomic mass is 32.2. The largest absolute Gasteiger partial charge is 0.542 e. The number of anilines is 1. The third-order valence-corrected chi connectivity index (χ3v) is 7.08. The number of alkyl halides is 6. The quantitative estimate of drug-likeness (QED) is 0.206. The van der Waals surface area contributed by atoms with Crippen LogP contribution in [0.1, 0.15) is 40.9 Å². The number of hydrogen-bond acceptors (Lipinski definition) is 8. The summed E-state index contributed by atoms with van der Waals surface area (Å²) in [4.78, 5) is 38.2. The van der Waals surface area contributed by atoms with Gasteiger partial charge in [-0.25, -0.2) is 4.57 Å². The number of carbonyl (C=O) groups excluding carboxylic acids is 3. The molecule has 1 aromatic carbocycles. The van der Waals surface area contributed by atoms with Crippen LogP contribution in [0.15, 0.2) is 34.2 Å². The first kappa shape index (κ1) is 39.2. The zero-order valence-electron chi connectivity index (χ0n) is 25.7. The van der Waals surface area contributed by atoms with E-state index in [2.05, 4.69) is 69.0 Å². The van der Waals surface area contributed by atoms with E-state index in [1.807, 2.05) is 25.1 Å². The van der Waals surface area contributed by atoms with E-state index in [1.54, 1.807) is 11.8 Å². The summed E-state index contributed by atoms with van der Waals surface area (Å²) in [5.41, 5.74) is 3.98. The molecule has 1 N–H and O–H groups in total. The number of carbonyl (C=O) groups is 3. The first-order chi connectivity index (χ1) is 20.5. The van der Waals surface area contributed by atoms with E-state index in [-0.39, 0.29) is 5.91 Å². The molecule has 0 radical (unpaired) electrons. The molecule has 1 aromatic heterocycles. The van der Waals surface area contributed by atoms with E-state index in [0.29, 0.717) is 12.1 Å². The molecular formula is C28H35F6N5O5S. The van der Waals surface area contributed by atoms with Crippen molar-refractivity contribution in [2.75, 3.05) is 46.2 Å². The van der Waals surface area contributed by atoms with Crippen LogP contribution in [0.5, 0.6) is 0 Å². The van der Waals surface area contributed by atoms with Crippen molar-refractivity contribution in [3.05, 3.63) is 52.1 Å². The standard InChI is InChI=1S/C24H34N5OS.2C2HF3O2/c1-8-28-17(2)14-20(26-18(28)3)16-23-27(4)21-11-10-19(15-22(21)31-23)24(30)25-12-9-13-29(5,6)7;2*3-2(4,5)1(6)7/h10-11,14-16H,8-9,12-13H2,1-7H3;2*(H,6,7)/q+1;;/p-1. The highest BCUT2D eigenvalue weighted by molar-refractivity contribution is 8.03. The van der Waals surface area contributed by atoms with E-state index in [4.69, 9.17) is 24.8 Å². The molecule has 2 aromatic rings. The smallest absolute Gasteiger partial charge is 0.430 e. The molecule has 3 rings (SSSR count). The first-order valence-corrected chi connectivity index (χ1v) is 14.1. The predicted molar refractivity (Wildman–Crippen MR) is 150 cm³/mol. The average Bonchev–Trinajstić information content (AvgIpc) is 3.19. The minimum atomic E-state index is -5.19. The fraction of sp³-hybridized carbons (Fsp3) is 0.464. The number of nitrogens with one attached hydrogen (secondary N) is 1. The van der Waals surface area contributed by atoms with Gasteiger partial charge in [-0.2, -0.15) is 26.3 Å². The number of carboxylic acid groups (broad SMARTS) is 2. The maximum atomic E-state index is 12.6. The molecule has 0 aliphatic carbocycles. The molecule has 0 saturated heterocycles. The normalized spacial score (nSPS) is 13.7. The molecule has 10 nitrogen and oxygen atoms in total. The molecular weight excluding hydrogens is 632 g/mol. The van der Waals surface area contributed by atoms with Crippen molar-refractivity contribution in [2.24, 2.45) is 0 Å². The van der Waals surface area contributed by atoms with Gasteiger partial charge in [0.05, 0.1) is 44.9 Å². The van der Waals surface area contributed by atoms with Crippen molar-refractivity contribution in [2.45, 2.75) is 51.0 Å². The third kappa shape index (κ3) is 13.0. The number of aliphatic carboxylic acids is 2. The number of fused-ring (bicyclic) bond motifs is 1. The summed E-state index contributed by atoms with van der Waals surface area (Å²) in [7, 11) is 8.55. The van der Waals surface area contributed by atoms with Gasteiger partial charge in [0.25, 0.3) is 11.7 Å². The van der Waals surface area contributed by atoms with Crippen LogP contribution in [-0.2, 0) is 16.1 Å². The molecule has 2 heterocycles. The molecule has 0 saturated carbocycles. The zero-order valence-corrected chi connectivity index (χ0v) is 26.5. The summed E-state index contributed by atoms with van der Waals surface area (Å²) >= 11 is 1.68. The lowest BCUT2D eigenvalue weighted by molar-refractivity contribution is -0.870. The van der Waals surface area contributed by atoms with Crippen LogP contribution in [0, 0.1) is 13.8 Å². The second-order valence-electron chi connectivity index (χ2n) is 10.6. The summed E-state index contributed by atoms with van der Waals surface area (Å²) < 4.78 is 66.2. The highest BCUT2D eigenvalue weighted by Crippen LogP contribution is 2.46. The number of amides is 1. The zero-order chi connectivity index (χ0) is 34.9. The van der Waals surface area contributed by atoms with Gasteiger partial charge in [-0.15, -0.1) is 0 Å². The number of nitrogens with zero attached hydrogens (tertiary/aromatic N) is 4. The number of hydrogen-bond donors (Lipinski definition) is 1. The monoisotopic (exact) mass is 667 g/mol. The molecule has 0 spiro atoms. The van der Waals surface area contributed by atoms with Gasteiger partial charge in [0.1, 0.15) is 17.6 Å². The fourth-order valence-electron chi connectivity index (χ4n) is 3.80. The van der Waals surface area contributed by atoms with Crippen LogP contribution in [0.4, 0.5) is 32.0 Å². The Morgan fingerprint density at radius 2 is 1.56 bits per heavy atom. The van der Waals surface area contributed by atoms with Crippen LogP contribution < -0.4 is 25.0 Å². The summed E-state index contributed by atoms with van der Waals surface area (Å²) in [5, 5.41) is 21.7. The Hall–Kier alpha value is -3.86. The van der Waals surface area contributed by atoms with E-state index >= 15 is 0 Å². The number of aryl methyl sites for hydroxylation is 2. The van der Waals surface area contributed by atoms with E-state index in [1.165, 1.54) is 5.69 Å². The molecule has 0 fully saturated rings. The predicted octanol–water partition coefficient (Wildman–Crippen LogP) is 1.97. The lowest BCUT2D eigenvalue weighted by atomic mass is 10.2. The Kier molecular flexibility index (Phi) is 13.9. The average molecular weight is 668 g/mol. The lowest BCUT2D eigenvalue weighted by Crippen LogP contribution is -2.40. The Balaban J connectivity index is 0.000000601. The first-order valence-electron chi connectivity index (χ1n) is 13.3. The number of halogens is 6. The SMILES string of the molecule is CC[n+]1c(C)cc(/C=C2\Sc3cc(C(=O)NCCC[N+](C)(C)C)ccc3N2C)nc1C.O=C([O-])C(F)(F)F.O=C([O-])C(F)(F)F. The second-order valence-corrected chi connectivity index (χ2v) is 11.7. The van der Waals surface area contributed by atoms with Crippen molar-refractivity contribution in [3.63, 3.8) is 0 Å². The van der Waals surface area contributed by atoms with Gasteiger partial charge in [0, 0.05) is 49.5 Å². The number of rotatable bonds is 7. The van der Waals surface area contributed by atoms with Crippen molar-refractivity contribution < 1.29 is 60.0 Å². The Labute approximate surface area is 260 Å². The number of benzene rings is 1. The molecule has 250 valence electrons. The maximum absolute atomic E-state index is 12.6. The topological polar surface area (TPSA) is 129 Å². The number of quaternary nitrogens is 1. The highest BCUT2D eigenvalue weighted by Gasteiger charge is 2.29. The van der Waals surface area contributed by atoms with Crippen molar-refractivity contribution in [1.29, 1.82) is 0 Å². The van der Waals surface area contributed by atoms with E-state index in [0.717, 1.165) is 51.1 Å². The molecule has 0 atom stereocenters. The van der Waals surface area contributed by atoms with Crippen LogP contribution in [-0.4, -0.2) is 80.9 Å². The van der Waals surface area contributed by atoms with E-state index in [9.17, 15) is 31.1 Å². The van der Waals surface area contributed by atoms with Crippen LogP contribution in [0.3, 0.4) is 0 Å². The Morgan fingerprint density at radius 1 is 1.02 bits per heavy atom. The molecule has 0 unspecified atom stereocenters. The minimum absolute atomic E-state index is 0.00927. The van der Waals surface area contributed by atoms with Crippen molar-refractivity contribution in [3.8, 4) is 0 Å². The maximum Gasteiger partial charge on any atom is 0.430 e. The molecule has 45 heavy (non-hydrogen) atoms. The van der Waals surface area contributed by atoms with Gasteiger partial charge in [-0.05, 0) is 37.0 Å². The lowest BCUT2D eigenvalue weighted by Gasteiger charge is -2.23. The Morgan fingerprint density at radius 3 is 2.00 bits per heavy atom. The van der Waals surface area contributed by atoms with Gasteiger partial charge < -0.3 is 34.5 Å². The molecule has 1 aliphatic rings. The number of carboxylic acids is 2. The van der Waals surface area contributed by atoms with Gasteiger partial charge in [0.2, 0.25) is 0 Å². The van der Waals surface area contributed by atoms with Gasteiger partial charge in [0.15, 0.2) is 5.69 Å². The molecule has 1 aliphatic heterocycles.